The van der Waals surface area contributed by atoms with Gasteiger partial charge in [-0.1, -0.05) is 23.2 Å². The highest BCUT2D eigenvalue weighted by atomic mass is 35.5. The second-order valence-corrected chi connectivity index (χ2v) is 4.69. The molecule has 0 spiro atoms. The zero-order valence-corrected chi connectivity index (χ0v) is 11.4. The Hall–Kier alpha value is -1.14. The number of Topliss-reactive ketones (excluding diaryl/α,β-unsaturated/α-hetero) is 1. The third kappa shape index (κ3) is 2.60. The van der Waals surface area contributed by atoms with Crippen LogP contribution in [0.3, 0.4) is 0 Å². The van der Waals surface area contributed by atoms with Crippen molar-refractivity contribution in [2.75, 3.05) is 31.3 Å². The molecule has 7 heteroatoms. The maximum Gasteiger partial charge on any atom is 0.299 e. The first-order chi connectivity index (χ1) is 9.07. The summed E-state index contributed by atoms with van der Waals surface area (Å²) in [5, 5.41) is 9.09. The van der Waals surface area contributed by atoms with Crippen LogP contribution >= 0.6 is 23.2 Å². The van der Waals surface area contributed by atoms with Crippen LogP contribution in [0.4, 0.5) is 5.69 Å². The van der Waals surface area contributed by atoms with Crippen LogP contribution in [0, 0.1) is 0 Å². The number of nitrogens with zero attached hydrogens (tertiary/aromatic N) is 1. The van der Waals surface area contributed by atoms with Gasteiger partial charge in [-0.05, 0) is 12.1 Å². The van der Waals surface area contributed by atoms with E-state index in [4.69, 9.17) is 33.0 Å². The van der Waals surface area contributed by atoms with Crippen molar-refractivity contribution < 1.29 is 19.4 Å². The first-order valence-electron chi connectivity index (χ1n) is 5.60. The fourth-order valence-corrected chi connectivity index (χ4v) is 2.39. The first-order valence-corrected chi connectivity index (χ1v) is 6.36. The Labute approximate surface area is 119 Å². The quantitative estimate of drug-likeness (QED) is 0.662. The summed E-state index contributed by atoms with van der Waals surface area (Å²) in [4.78, 5) is 25.0. The highest BCUT2D eigenvalue weighted by molar-refractivity contribution is 6.56. The molecule has 19 heavy (non-hydrogen) atoms. The Morgan fingerprint density at radius 1 is 1.16 bits per heavy atom. The molecule has 0 bridgehead atoms. The van der Waals surface area contributed by atoms with E-state index in [1.165, 1.54) is 17.0 Å². The van der Waals surface area contributed by atoms with Gasteiger partial charge in [0, 0.05) is 6.54 Å². The van der Waals surface area contributed by atoms with Crippen molar-refractivity contribution in [2.45, 2.75) is 0 Å². The van der Waals surface area contributed by atoms with E-state index in [-0.39, 0.29) is 37.0 Å². The number of rotatable bonds is 5. The third-order valence-electron chi connectivity index (χ3n) is 2.71. The summed E-state index contributed by atoms with van der Waals surface area (Å²) in [7, 11) is 0. The number of halogens is 2. The Bertz CT molecular complexity index is 533. The minimum Gasteiger partial charge on any atom is -0.394 e. The Balaban J connectivity index is 2.26. The van der Waals surface area contributed by atoms with Gasteiger partial charge in [0.15, 0.2) is 0 Å². The standard InChI is InChI=1S/C12H11Cl2NO4/c13-7-1-2-8(14)10-9(7)11(17)12(18)15(10)3-5-19-6-4-16/h1-2,16H,3-6H2. The molecule has 2 rings (SSSR count). The first kappa shape index (κ1) is 14.3. The van der Waals surface area contributed by atoms with Gasteiger partial charge < -0.3 is 14.7 Å². The summed E-state index contributed by atoms with van der Waals surface area (Å²) in [6.45, 7) is 0.446. The predicted octanol–water partition coefficient (Wildman–Crippen LogP) is 1.53. The maximum atomic E-state index is 11.9. The predicted molar refractivity (Wildman–Crippen MR) is 71.1 cm³/mol. The molecular weight excluding hydrogens is 293 g/mol. The van der Waals surface area contributed by atoms with Crippen LogP contribution in [0.15, 0.2) is 12.1 Å². The van der Waals surface area contributed by atoms with Crippen LogP contribution in [0.1, 0.15) is 10.4 Å². The molecule has 1 aliphatic heterocycles. The smallest absolute Gasteiger partial charge is 0.299 e. The number of hydrogen-bond acceptors (Lipinski definition) is 4. The maximum absolute atomic E-state index is 11.9. The van der Waals surface area contributed by atoms with Gasteiger partial charge in [-0.15, -0.1) is 0 Å². The molecular formula is C12H11Cl2NO4. The number of hydrogen-bond donors (Lipinski definition) is 1. The molecule has 0 fully saturated rings. The summed E-state index contributed by atoms with van der Waals surface area (Å²) in [6.07, 6.45) is 0. The molecule has 0 aliphatic carbocycles. The highest BCUT2D eigenvalue weighted by Gasteiger charge is 2.38. The lowest BCUT2D eigenvalue weighted by Gasteiger charge is -2.17. The molecule has 1 amide bonds. The molecule has 0 radical (unpaired) electrons. The largest absolute Gasteiger partial charge is 0.394 e. The summed E-state index contributed by atoms with van der Waals surface area (Å²) in [5.41, 5.74) is 0.470. The van der Waals surface area contributed by atoms with E-state index in [1.807, 2.05) is 0 Å². The van der Waals surface area contributed by atoms with Gasteiger partial charge in [0.2, 0.25) is 0 Å². The van der Waals surface area contributed by atoms with Gasteiger partial charge in [0.1, 0.15) is 0 Å². The third-order valence-corrected chi connectivity index (χ3v) is 3.33. The minimum absolute atomic E-state index is 0.101. The number of fused-ring (bicyclic) bond motifs is 1. The lowest BCUT2D eigenvalue weighted by molar-refractivity contribution is -0.114. The van der Waals surface area contributed by atoms with Crippen molar-refractivity contribution in [1.82, 2.24) is 0 Å². The second kappa shape index (κ2) is 5.88. The summed E-state index contributed by atoms with van der Waals surface area (Å²) in [6, 6.07) is 3.02. The molecule has 1 aromatic carbocycles. The van der Waals surface area contributed by atoms with Crippen molar-refractivity contribution in [1.29, 1.82) is 0 Å². The Kier molecular flexibility index (Phi) is 4.42. The summed E-state index contributed by atoms with van der Waals surface area (Å²) in [5.74, 6) is -1.33. The summed E-state index contributed by atoms with van der Waals surface area (Å²) >= 11 is 11.9. The Morgan fingerprint density at radius 2 is 1.84 bits per heavy atom. The van der Waals surface area contributed by atoms with Gasteiger partial charge in [-0.25, -0.2) is 0 Å². The fraction of sp³-hybridized carbons (Fsp3) is 0.333. The van der Waals surface area contributed by atoms with Crippen molar-refractivity contribution in [3.8, 4) is 0 Å². The number of benzene rings is 1. The van der Waals surface area contributed by atoms with Gasteiger partial charge in [0.25, 0.3) is 11.7 Å². The fourth-order valence-electron chi connectivity index (χ4n) is 1.89. The average molecular weight is 304 g/mol. The van der Waals surface area contributed by atoms with E-state index in [9.17, 15) is 9.59 Å². The number of anilines is 1. The number of amides is 1. The van der Waals surface area contributed by atoms with Crippen LogP contribution in [0.5, 0.6) is 0 Å². The zero-order valence-electron chi connectivity index (χ0n) is 9.86. The van der Waals surface area contributed by atoms with Gasteiger partial charge in [-0.2, -0.15) is 0 Å². The molecule has 0 aromatic heterocycles. The second-order valence-electron chi connectivity index (χ2n) is 3.87. The van der Waals surface area contributed by atoms with Crippen LogP contribution in [-0.2, 0) is 9.53 Å². The van der Waals surface area contributed by atoms with Gasteiger partial charge in [0.05, 0.1) is 41.1 Å². The summed E-state index contributed by atoms with van der Waals surface area (Å²) < 4.78 is 5.08. The normalized spacial score (nSPS) is 14.2. The number of carbonyl (C=O) groups is 2. The van der Waals surface area contributed by atoms with E-state index < -0.39 is 11.7 Å². The van der Waals surface area contributed by atoms with Crippen LogP contribution in [0.25, 0.3) is 0 Å². The molecule has 5 nitrogen and oxygen atoms in total. The van der Waals surface area contributed by atoms with E-state index in [0.29, 0.717) is 10.7 Å². The van der Waals surface area contributed by atoms with Crippen molar-refractivity contribution in [3.05, 3.63) is 27.7 Å². The molecule has 1 aliphatic rings. The van der Waals surface area contributed by atoms with Crippen molar-refractivity contribution in [2.24, 2.45) is 0 Å². The van der Waals surface area contributed by atoms with E-state index in [0.717, 1.165) is 0 Å². The van der Waals surface area contributed by atoms with Crippen molar-refractivity contribution in [3.63, 3.8) is 0 Å². The highest BCUT2D eigenvalue weighted by Crippen LogP contribution is 2.39. The monoisotopic (exact) mass is 303 g/mol. The number of aliphatic hydroxyl groups is 1. The molecule has 0 atom stereocenters. The molecule has 0 saturated heterocycles. The van der Waals surface area contributed by atoms with Crippen LogP contribution in [-0.4, -0.2) is 43.2 Å². The molecule has 1 aromatic rings. The average Bonchev–Trinajstić information content (AvgIpc) is 2.65. The minimum atomic E-state index is -0.669. The SMILES string of the molecule is O=C1C(=O)N(CCOCCO)c2c(Cl)ccc(Cl)c21. The van der Waals surface area contributed by atoms with E-state index in [2.05, 4.69) is 0 Å². The zero-order chi connectivity index (χ0) is 14.0. The number of ether oxygens (including phenoxy) is 1. The van der Waals surface area contributed by atoms with E-state index >= 15 is 0 Å². The van der Waals surface area contributed by atoms with Crippen LogP contribution in [0.2, 0.25) is 10.0 Å². The molecule has 1 N–H and O–H groups in total. The van der Waals surface area contributed by atoms with Gasteiger partial charge in [-0.3, -0.25) is 9.59 Å². The lowest BCUT2D eigenvalue weighted by Crippen LogP contribution is -2.33. The lowest BCUT2D eigenvalue weighted by atomic mass is 10.1. The Morgan fingerprint density at radius 3 is 2.53 bits per heavy atom. The topological polar surface area (TPSA) is 66.8 Å². The molecule has 1 heterocycles. The number of carbonyl (C=O) groups excluding carboxylic acids is 2. The van der Waals surface area contributed by atoms with Crippen molar-refractivity contribution >= 4 is 40.6 Å². The van der Waals surface area contributed by atoms with Crippen LogP contribution < -0.4 is 4.90 Å². The number of ketones is 1. The van der Waals surface area contributed by atoms with E-state index in [1.54, 1.807) is 0 Å². The molecule has 0 saturated carbocycles. The number of aliphatic hydroxyl groups excluding tert-OH is 1. The molecule has 102 valence electrons. The molecule has 0 unspecified atom stereocenters. The van der Waals surface area contributed by atoms with Gasteiger partial charge >= 0.3 is 0 Å².